The van der Waals surface area contributed by atoms with E-state index in [0.29, 0.717) is 6.42 Å². The lowest BCUT2D eigenvalue weighted by Crippen LogP contribution is -2.41. The molecule has 0 radical (unpaired) electrons. The highest BCUT2D eigenvalue weighted by Crippen LogP contribution is 2.07. The topological polar surface area (TPSA) is 41.6 Å². The molecule has 0 spiro atoms. The molecule has 4 heteroatoms. The lowest BCUT2D eigenvalue weighted by molar-refractivity contribution is -0.131. The Kier molecular flexibility index (Phi) is 5.40. The molecule has 1 aliphatic rings. The first-order chi connectivity index (χ1) is 7.88. The van der Waals surface area contributed by atoms with Crippen LogP contribution in [-0.2, 0) is 9.53 Å². The van der Waals surface area contributed by atoms with Gasteiger partial charge in [0.15, 0.2) is 0 Å². The summed E-state index contributed by atoms with van der Waals surface area (Å²) in [5, 5.41) is 3.34. The van der Waals surface area contributed by atoms with Gasteiger partial charge in [-0.3, -0.25) is 4.79 Å². The number of amides is 1. The Balaban J connectivity index is 2.31. The standard InChI is InChI=1S/C13H26N2O2/c1-11-10-15(8-5-9-17-11)12(16)6-7-14-13(2,3)4/h11,14H,5-10H2,1-4H3. The molecule has 0 saturated carbocycles. The molecule has 0 aromatic carbocycles. The van der Waals surface area contributed by atoms with E-state index in [4.69, 9.17) is 4.74 Å². The van der Waals surface area contributed by atoms with Crippen LogP contribution >= 0.6 is 0 Å². The second-order valence-corrected chi connectivity index (χ2v) is 5.80. The maximum atomic E-state index is 12.0. The number of ether oxygens (including phenoxy) is 1. The molecule has 1 rings (SSSR count). The number of nitrogens with one attached hydrogen (secondary N) is 1. The van der Waals surface area contributed by atoms with Crippen LogP contribution in [0.5, 0.6) is 0 Å². The summed E-state index contributed by atoms with van der Waals surface area (Å²) in [6, 6.07) is 0. The van der Waals surface area contributed by atoms with E-state index in [9.17, 15) is 4.79 Å². The van der Waals surface area contributed by atoms with Crippen molar-refractivity contribution in [1.29, 1.82) is 0 Å². The van der Waals surface area contributed by atoms with Crippen molar-refractivity contribution < 1.29 is 9.53 Å². The summed E-state index contributed by atoms with van der Waals surface area (Å²) < 4.78 is 5.53. The molecule has 1 fully saturated rings. The second kappa shape index (κ2) is 6.36. The molecule has 17 heavy (non-hydrogen) atoms. The molecule has 1 N–H and O–H groups in total. The molecule has 100 valence electrons. The molecular formula is C13H26N2O2. The van der Waals surface area contributed by atoms with E-state index in [1.807, 2.05) is 11.8 Å². The third kappa shape index (κ3) is 6.03. The van der Waals surface area contributed by atoms with Gasteiger partial charge in [-0.05, 0) is 34.1 Å². The third-order valence-corrected chi connectivity index (χ3v) is 2.80. The number of carbonyl (C=O) groups is 1. The van der Waals surface area contributed by atoms with E-state index < -0.39 is 0 Å². The smallest absolute Gasteiger partial charge is 0.223 e. The van der Waals surface area contributed by atoms with Crippen LogP contribution in [0.25, 0.3) is 0 Å². The van der Waals surface area contributed by atoms with Gasteiger partial charge in [-0.1, -0.05) is 0 Å². The first kappa shape index (κ1) is 14.5. The molecule has 1 atom stereocenters. The van der Waals surface area contributed by atoms with Gasteiger partial charge in [0.05, 0.1) is 6.10 Å². The molecule has 0 aromatic heterocycles. The quantitative estimate of drug-likeness (QED) is 0.813. The predicted octanol–water partition coefficient (Wildman–Crippen LogP) is 1.40. The number of nitrogens with zero attached hydrogens (tertiary/aromatic N) is 1. The molecular weight excluding hydrogens is 216 g/mol. The Labute approximate surface area is 105 Å². The minimum Gasteiger partial charge on any atom is -0.377 e. The van der Waals surface area contributed by atoms with Crippen molar-refractivity contribution in [3.05, 3.63) is 0 Å². The minimum atomic E-state index is 0.0788. The third-order valence-electron chi connectivity index (χ3n) is 2.80. The zero-order valence-corrected chi connectivity index (χ0v) is 11.6. The summed E-state index contributed by atoms with van der Waals surface area (Å²) in [7, 11) is 0. The van der Waals surface area contributed by atoms with E-state index in [2.05, 4.69) is 26.1 Å². The van der Waals surface area contributed by atoms with Crippen LogP contribution in [-0.4, -0.2) is 48.7 Å². The van der Waals surface area contributed by atoms with Crippen molar-refractivity contribution >= 4 is 5.91 Å². The summed E-state index contributed by atoms with van der Waals surface area (Å²) in [6.07, 6.45) is 1.68. The normalized spacial score (nSPS) is 22.4. The Morgan fingerprint density at radius 3 is 2.82 bits per heavy atom. The Hall–Kier alpha value is -0.610. The Morgan fingerprint density at radius 1 is 1.47 bits per heavy atom. The average molecular weight is 242 g/mol. The average Bonchev–Trinajstić information content (AvgIpc) is 2.40. The summed E-state index contributed by atoms with van der Waals surface area (Å²) in [5.41, 5.74) is 0.0788. The highest BCUT2D eigenvalue weighted by Gasteiger charge is 2.19. The van der Waals surface area contributed by atoms with Gasteiger partial charge in [0.1, 0.15) is 0 Å². The highest BCUT2D eigenvalue weighted by atomic mass is 16.5. The molecule has 1 aliphatic heterocycles. The number of hydrogen-bond acceptors (Lipinski definition) is 3. The van der Waals surface area contributed by atoms with Crippen LogP contribution in [0.4, 0.5) is 0 Å². The van der Waals surface area contributed by atoms with Gasteiger partial charge in [-0.25, -0.2) is 0 Å². The molecule has 1 unspecified atom stereocenters. The van der Waals surface area contributed by atoms with Gasteiger partial charge in [0.25, 0.3) is 0 Å². The Bertz CT molecular complexity index is 248. The van der Waals surface area contributed by atoms with E-state index in [1.165, 1.54) is 0 Å². The van der Waals surface area contributed by atoms with Crippen LogP contribution in [0.1, 0.15) is 40.5 Å². The van der Waals surface area contributed by atoms with Gasteiger partial charge in [-0.2, -0.15) is 0 Å². The monoisotopic (exact) mass is 242 g/mol. The van der Waals surface area contributed by atoms with Crippen LogP contribution in [0.15, 0.2) is 0 Å². The fraction of sp³-hybridized carbons (Fsp3) is 0.923. The summed E-state index contributed by atoms with van der Waals surface area (Å²) in [4.78, 5) is 13.9. The zero-order chi connectivity index (χ0) is 12.9. The van der Waals surface area contributed by atoms with E-state index in [1.54, 1.807) is 0 Å². The van der Waals surface area contributed by atoms with Gasteiger partial charge >= 0.3 is 0 Å². The lowest BCUT2D eigenvalue weighted by atomic mass is 10.1. The maximum Gasteiger partial charge on any atom is 0.223 e. The molecule has 0 aliphatic carbocycles. The van der Waals surface area contributed by atoms with Crippen LogP contribution in [0.3, 0.4) is 0 Å². The van der Waals surface area contributed by atoms with Crippen LogP contribution in [0.2, 0.25) is 0 Å². The fourth-order valence-corrected chi connectivity index (χ4v) is 1.92. The highest BCUT2D eigenvalue weighted by molar-refractivity contribution is 5.76. The summed E-state index contributed by atoms with van der Waals surface area (Å²) >= 11 is 0. The molecule has 1 saturated heterocycles. The van der Waals surface area contributed by atoms with Gasteiger partial charge < -0.3 is 15.0 Å². The van der Waals surface area contributed by atoms with Crippen molar-refractivity contribution in [3.8, 4) is 0 Å². The van der Waals surface area contributed by atoms with Crippen molar-refractivity contribution in [1.82, 2.24) is 10.2 Å². The number of rotatable bonds is 3. The first-order valence-electron chi connectivity index (χ1n) is 6.53. The largest absolute Gasteiger partial charge is 0.377 e. The molecule has 4 nitrogen and oxygen atoms in total. The Morgan fingerprint density at radius 2 is 2.18 bits per heavy atom. The molecule has 0 bridgehead atoms. The van der Waals surface area contributed by atoms with Gasteiger partial charge in [0.2, 0.25) is 5.91 Å². The van der Waals surface area contributed by atoms with Crippen molar-refractivity contribution in [3.63, 3.8) is 0 Å². The minimum absolute atomic E-state index is 0.0788. The second-order valence-electron chi connectivity index (χ2n) is 5.80. The van der Waals surface area contributed by atoms with Crippen molar-refractivity contribution in [2.24, 2.45) is 0 Å². The van der Waals surface area contributed by atoms with Crippen molar-refractivity contribution in [2.75, 3.05) is 26.2 Å². The number of hydrogen-bond donors (Lipinski definition) is 1. The van der Waals surface area contributed by atoms with Crippen molar-refractivity contribution in [2.45, 2.75) is 52.2 Å². The predicted molar refractivity (Wildman–Crippen MR) is 69.0 cm³/mol. The van der Waals surface area contributed by atoms with Crippen LogP contribution in [0, 0.1) is 0 Å². The first-order valence-corrected chi connectivity index (χ1v) is 6.53. The molecule has 1 heterocycles. The van der Waals surface area contributed by atoms with Gasteiger partial charge in [0, 0.05) is 38.2 Å². The summed E-state index contributed by atoms with van der Waals surface area (Å²) in [5.74, 6) is 0.235. The fourth-order valence-electron chi connectivity index (χ4n) is 1.92. The van der Waals surface area contributed by atoms with E-state index >= 15 is 0 Å². The summed E-state index contributed by atoms with van der Waals surface area (Å²) in [6.45, 7) is 11.4. The lowest BCUT2D eigenvalue weighted by Gasteiger charge is -2.24. The van der Waals surface area contributed by atoms with Gasteiger partial charge in [-0.15, -0.1) is 0 Å². The zero-order valence-electron chi connectivity index (χ0n) is 11.6. The van der Waals surface area contributed by atoms with Crippen LogP contribution < -0.4 is 5.32 Å². The number of carbonyl (C=O) groups excluding carboxylic acids is 1. The molecule has 0 aromatic rings. The molecule has 1 amide bonds. The van der Waals surface area contributed by atoms with E-state index in [0.717, 1.165) is 32.7 Å². The maximum absolute atomic E-state index is 12.0. The SMILES string of the molecule is CC1CN(C(=O)CCNC(C)(C)C)CCCO1. The van der Waals surface area contributed by atoms with E-state index in [-0.39, 0.29) is 17.6 Å².